The normalized spacial score (nSPS) is 19.9. The van der Waals surface area contributed by atoms with Gasteiger partial charge in [-0.3, -0.25) is 0 Å². The second-order valence-electron chi connectivity index (χ2n) is 7.85. The molecule has 2 aromatic carbocycles. The van der Waals surface area contributed by atoms with Gasteiger partial charge in [0.1, 0.15) is 12.6 Å². The number of amides is 1. The number of carbonyl (C=O) groups excluding carboxylic acids is 2. The van der Waals surface area contributed by atoms with E-state index in [1.54, 1.807) is 0 Å². The van der Waals surface area contributed by atoms with E-state index in [1.807, 2.05) is 48.5 Å². The molecular weight excluding hydrogens is 430 g/mol. The molecule has 1 amide bonds. The Hall–Kier alpha value is -3.43. The lowest BCUT2D eigenvalue weighted by Gasteiger charge is -2.18. The van der Waals surface area contributed by atoms with E-state index >= 15 is 0 Å². The number of carbonyl (C=O) groups is 3. The summed E-state index contributed by atoms with van der Waals surface area (Å²) in [6.07, 6.45) is -2.18. The minimum absolute atomic E-state index is 0.0366. The van der Waals surface area contributed by atoms with Gasteiger partial charge in [0.25, 0.3) is 0 Å². The van der Waals surface area contributed by atoms with Crippen LogP contribution in [0.25, 0.3) is 11.1 Å². The molecule has 2 aromatic rings. The van der Waals surface area contributed by atoms with E-state index in [9.17, 15) is 19.5 Å². The Kier molecular flexibility index (Phi) is 6.90. The smallest absolute Gasteiger partial charge is 0.407 e. The van der Waals surface area contributed by atoms with Gasteiger partial charge in [0, 0.05) is 12.3 Å². The molecule has 1 saturated heterocycles. The summed E-state index contributed by atoms with van der Waals surface area (Å²) < 4.78 is 20.8. The number of fused-ring (bicyclic) bond motifs is 3. The number of aliphatic carboxylic acids is 1. The predicted molar refractivity (Wildman–Crippen MR) is 115 cm³/mol. The van der Waals surface area contributed by atoms with Crippen LogP contribution in [-0.4, -0.2) is 61.9 Å². The topological polar surface area (TPSA) is 120 Å². The van der Waals surface area contributed by atoms with Gasteiger partial charge in [0.15, 0.2) is 12.4 Å². The van der Waals surface area contributed by atoms with E-state index in [2.05, 4.69) is 10.1 Å². The van der Waals surface area contributed by atoms with E-state index in [0.29, 0.717) is 0 Å². The molecule has 1 fully saturated rings. The zero-order valence-corrected chi connectivity index (χ0v) is 18.1. The second-order valence-corrected chi connectivity index (χ2v) is 7.85. The quantitative estimate of drug-likeness (QED) is 0.583. The third kappa shape index (κ3) is 4.99. The predicted octanol–water partition coefficient (Wildman–Crippen LogP) is 2.67. The molecule has 1 aliphatic carbocycles. The summed E-state index contributed by atoms with van der Waals surface area (Å²) in [5.74, 6) is -1.88. The molecule has 9 heteroatoms. The lowest BCUT2D eigenvalue weighted by molar-refractivity contribution is -0.154. The molecule has 1 heterocycles. The van der Waals surface area contributed by atoms with Crippen LogP contribution in [0.15, 0.2) is 48.5 Å². The van der Waals surface area contributed by atoms with E-state index < -0.39 is 36.5 Å². The number of alkyl carbamates (subject to hydrolysis) is 1. The molecule has 2 N–H and O–H groups in total. The van der Waals surface area contributed by atoms with Crippen molar-refractivity contribution in [1.29, 1.82) is 0 Å². The van der Waals surface area contributed by atoms with Crippen molar-refractivity contribution in [2.75, 3.05) is 20.3 Å². The van der Waals surface area contributed by atoms with Gasteiger partial charge in [0.05, 0.1) is 13.7 Å². The molecule has 1 unspecified atom stereocenters. The first-order chi connectivity index (χ1) is 16.0. The van der Waals surface area contributed by atoms with Crippen molar-refractivity contribution in [3.05, 3.63) is 59.7 Å². The number of rotatable bonds is 8. The number of carboxylic acid groups (broad SMARTS) is 1. The molecule has 0 saturated carbocycles. The van der Waals surface area contributed by atoms with Crippen LogP contribution in [0.3, 0.4) is 0 Å². The van der Waals surface area contributed by atoms with Gasteiger partial charge < -0.3 is 29.4 Å². The van der Waals surface area contributed by atoms with Gasteiger partial charge in [0.2, 0.25) is 0 Å². The lowest BCUT2D eigenvalue weighted by atomic mass is 9.98. The van der Waals surface area contributed by atoms with Crippen molar-refractivity contribution in [3.8, 4) is 11.1 Å². The molecule has 174 valence electrons. The van der Waals surface area contributed by atoms with E-state index in [4.69, 9.17) is 14.2 Å². The van der Waals surface area contributed by atoms with E-state index in [-0.39, 0.29) is 32.0 Å². The third-order valence-corrected chi connectivity index (χ3v) is 5.84. The highest BCUT2D eigenvalue weighted by Crippen LogP contribution is 2.44. The summed E-state index contributed by atoms with van der Waals surface area (Å²) >= 11 is 0. The summed E-state index contributed by atoms with van der Waals surface area (Å²) in [6, 6.07) is 14.7. The number of methoxy groups -OCH3 is 1. The van der Waals surface area contributed by atoms with Crippen molar-refractivity contribution in [3.63, 3.8) is 0 Å². The zero-order chi connectivity index (χ0) is 23.4. The first kappa shape index (κ1) is 22.8. The molecule has 2 aliphatic rings. The lowest BCUT2D eigenvalue weighted by Crippen LogP contribution is -2.42. The number of esters is 1. The molecule has 0 aromatic heterocycles. The number of nitrogens with one attached hydrogen (secondary N) is 1. The molecule has 0 spiro atoms. The highest BCUT2D eigenvalue weighted by molar-refractivity contribution is 5.81. The Bertz CT molecular complexity index is 993. The standard InChI is InChI=1S/C24H25NO8/c1-30-23(28)20-13-31-21(33-20)11-10-19(22(26)27)25-24(29)32-12-18-16-8-4-2-6-14(16)15-7-3-5-9-17(15)18/h2-9,18-21H,10-13H2,1H3,(H,25,29)(H,26,27)/t19-,20-,21?/m0/s1. The van der Waals surface area contributed by atoms with Gasteiger partial charge in [-0.15, -0.1) is 0 Å². The molecular formula is C24H25NO8. The summed E-state index contributed by atoms with van der Waals surface area (Å²) in [5, 5.41) is 11.9. The summed E-state index contributed by atoms with van der Waals surface area (Å²) in [6.45, 7) is 0.122. The fourth-order valence-corrected chi connectivity index (χ4v) is 4.21. The number of hydrogen-bond donors (Lipinski definition) is 2. The van der Waals surface area contributed by atoms with Crippen LogP contribution in [0, 0.1) is 0 Å². The van der Waals surface area contributed by atoms with Gasteiger partial charge in [-0.25, -0.2) is 14.4 Å². The maximum absolute atomic E-state index is 12.4. The highest BCUT2D eigenvalue weighted by atomic mass is 16.7. The number of ether oxygens (including phenoxy) is 4. The van der Waals surface area contributed by atoms with Crippen LogP contribution in [0.1, 0.15) is 29.9 Å². The molecule has 33 heavy (non-hydrogen) atoms. The van der Waals surface area contributed by atoms with Crippen molar-refractivity contribution in [2.24, 2.45) is 0 Å². The average Bonchev–Trinajstić information content (AvgIpc) is 3.42. The van der Waals surface area contributed by atoms with Crippen LogP contribution in [0.2, 0.25) is 0 Å². The van der Waals surface area contributed by atoms with Crippen molar-refractivity contribution >= 4 is 18.0 Å². The van der Waals surface area contributed by atoms with Gasteiger partial charge >= 0.3 is 18.0 Å². The fourth-order valence-electron chi connectivity index (χ4n) is 4.21. The van der Waals surface area contributed by atoms with Gasteiger partial charge in [-0.2, -0.15) is 0 Å². The van der Waals surface area contributed by atoms with Crippen LogP contribution in [0.4, 0.5) is 4.79 Å². The summed E-state index contributed by atoms with van der Waals surface area (Å²) in [7, 11) is 1.25. The highest BCUT2D eigenvalue weighted by Gasteiger charge is 2.34. The molecule has 0 bridgehead atoms. The molecule has 3 atom stereocenters. The molecule has 0 radical (unpaired) electrons. The minimum Gasteiger partial charge on any atom is -0.480 e. The van der Waals surface area contributed by atoms with Gasteiger partial charge in [-0.1, -0.05) is 48.5 Å². The molecule has 9 nitrogen and oxygen atoms in total. The SMILES string of the molecule is COC(=O)[C@@H]1COC(CC[C@H](NC(=O)OCC2c3ccccc3-c3ccccc32)C(=O)O)O1. The molecule has 1 aliphatic heterocycles. The largest absolute Gasteiger partial charge is 0.480 e. The first-order valence-electron chi connectivity index (χ1n) is 10.7. The Morgan fingerprint density at radius 3 is 2.33 bits per heavy atom. The van der Waals surface area contributed by atoms with Crippen molar-refractivity contribution in [1.82, 2.24) is 5.32 Å². The third-order valence-electron chi connectivity index (χ3n) is 5.84. The summed E-state index contributed by atoms with van der Waals surface area (Å²) in [4.78, 5) is 35.5. The van der Waals surface area contributed by atoms with Crippen molar-refractivity contribution < 1.29 is 38.4 Å². The van der Waals surface area contributed by atoms with Gasteiger partial charge in [-0.05, 0) is 28.7 Å². The van der Waals surface area contributed by atoms with Crippen LogP contribution >= 0.6 is 0 Å². The minimum atomic E-state index is -1.20. The van der Waals surface area contributed by atoms with Crippen LogP contribution in [-0.2, 0) is 28.5 Å². The van der Waals surface area contributed by atoms with E-state index in [1.165, 1.54) is 7.11 Å². The Morgan fingerprint density at radius 2 is 1.73 bits per heavy atom. The van der Waals surface area contributed by atoms with Crippen LogP contribution < -0.4 is 5.32 Å². The number of hydrogen-bond acceptors (Lipinski definition) is 7. The zero-order valence-electron chi connectivity index (χ0n) is 18.1. The Morgan fingerprint density at radius 1 is 1.09 bits per heavy atom. The Labute approximate surface area is 190 Å². The maximum Gasteiger partial charge on any atom is 0.407 e. The monoisotopic (exact) mass is 455 g/mol. The number of carboxylic acids is 1. The first-order valence-corrected chi connectivity index (χ1v) is 10.7. The average molecular weight is 455 g/mol. The van der Waals surface area contributed by atoms with Crippen LogP contribution in [0.5, 0.6) is 0 Å². The second kappa shape index (κ2) is 10.0. The maximum atomic E-state index is 12.4. The van der Waals surface area contributed by atoms with E-state index in [0.717, 1.165) is 22.3 Å². The fraction of sp³-hybridized carbons (Fsp3) is 0.375. The summed E-state index contributed by atoms with van der Waals surface area (Å²) in [5.41, 5.74) is 4.34. The Balaban J connectivity index is 1.31. The molecule has 4 rings (SSSR count). The number of benzene rings is 2. The van der Waals surface area contributed by atoms with Crippen molar-refractivity contribution in [2.45, 2.75) is 37.2 Å².